The number of nitrogens with zero attached hydrogens (tertiary/aromatic N) is 1. The monoisotopic (exact) mass is 234 g/mol. The van der Waals surface area contributed by atoms with Crippen LogP contribution in [0.5, 0.6) is 0 Å². The van der Waals surface area contributed by atoms with E-state index in [0.717, 1.165) is 12.0 Å². The molecule has 2 rings (SSSR count). The first kappa shape index (κ1) is 11.2. The first-order valence-corrected chi connectivity index (χ1v) is 6.09. The Kier molecular flexibility index (Phi) is 3.01. The Hall–Kier alpha value is -1.29. The van der Waals surface area contributed by atoms with Crippen LogP contribution in [0.4, 0.5) is 0 Å². The lowest BCUT2D eigenvalue weighted by atomic mass is 9.95. The number of carbonyl (C=O) groups is 1. The third-order valence-corrected chi connectivity index (χ3v) is 4.10. The van der Waals surface area contributed by atoms with E-state index in [-0.39, 0.29) is 5.91 Å². The molecule has 0 fully saturated rings. The van der Waals surface area contributed by atoms with Crippen LogP contribution in [0.1, 0.15) is 18.9 Å². The molecule has 0 aromatic heterocycles. The summed E-state index contributed by atoms with van der Waals surface area (Å²) in [4.78, 5) is 15.7. The van der Waals surface area contributed by atoms with Gasteiger partial charge in [-0.15, -0.1) is 0 Å². The lowest BCUT2D eigenvalue weighted by Crippen LogP contribution is -2.33. The van der Waals surface area contributed by atoms with Gasteiger partial charge in [-0.2, -0.15) is 4.99 Å². The third kappa shape index (κ3) is 1.97. The lowest BCUT2D eigenvalue weighted by molar-refractivity contribution is -0.119. The largest absolute Gasteiger partial charge is 0.378 e. The average molecular weight is 234 g/mol. The van der Waals surface area contributed by atoms with Crippen LogP contribution in [0.25, 0.3) is 0 Å². The molecular weight excluding hydrogens is 220 g/mol. The lowest BCUT2D eigenvalue weighted by Gasteiger charge is -2.23. The van der Waals surface area contributed by atoms with Crippen molar-refractivity contribution in [2.24, 2.45) is 10.7 Å². The summed E-state index contributed by atoms with van der Waals surface area (Å²) in [6.45, 7) is 2.00. The molecule has 1 atom stereocenters. The van der Waals surface area contributed by atoms with E-state index in [4.69, 9.17) is 5.73 Å². The van der Waals surface area contributed by atoms with Crippen molar-refractivity contribution in [2.45, 2.75) is 24.5 Å². The topological polar surface area (TPSA) is 55.4 Å². The molecule has 4 heteroatoms. The smallest absolute Gasteiger partial charge is 0.265 e. The number of thioether (sulfide) groups is 1. The van der Waals surface area contributed by atoms with Crippen molar-refractivity contribution in [3.8, 4) is 0 Å². The molecule has 0 saturated heterocycles. The number of carbonyl (C=O) groups excluding carboxylic acids is 1. The van der Waals surface area contributed by atoms with E-state index in [1.165, 1.54) is 11.8 Å². The summed E-state index contributed by atoms with van der Waals surface area (Å²) < 4.78 is -0.481. The molecule has 1 aromatic carbocycles. The summed E-state index contributed by atoms with van der Waals surface area (Å²) in [5, 5.41) is 0.391. The number of amidine groups is 1. The molecule has 1 amide bonds. The third-order valence-electron chi connectivity index (χ3n) is 2.81. The van der Waals surface area contributed by atoms with E-state index >= 15 is 0 Å². The Labute approximate surface area is 99.1 Å². The molecule has 16 heavy (non-hydrogen) atoms. The van der Waals surface area contributed by atoms with Gasteiger partial charge >= 0.3 is 0 Å². The molecule has 0 unspecified atom stereocenters. The fourth-order valence-electron chi connectivity index (χ4n) is 1.85. The number of nitrogens with two attached hydrogens (primary N) is 1. The van der Waals surface area contributed by atoms with E-state index in [9.17, 15) is 4.79 Å². The molecule has 1 heterocycles. The Balaban J connectivity index is 2.22. The van der Waals surface area contributed by atoms with Crippen LogP contribution in [-0.4, -0.2) is 15.8 Å². The highest BCUT2D eigenvalue weighted by molar-refractivity contribution is 8.16. The summed E-state index contributed by atoms with van der Waals surface area (Å²) in [6.07, 6.45) is 1.44. The molecule has 2 N–H and O–H groups in total. The number of rotatable bonds is 3. The predicted octanol–water partition coefficient (Wildman–Crippen LogP) is 1.97. The van der Waals surface area contributed by atoms with Gasteiger partial charge in [0.25, 0.3) is 5.91 Å². The first-order valence-electron chi connectivity index (χ1n) is 5.28. The minimum absolute atomic E-state index is 0.0960. The highest BCUT2D eigenvalue weighted by atomic mass is 32.2. The van der Waals surface area contributed by atoms with Crippen LogP contribution in [0.3, 0.4) is 0 Å². The highest BCUT2D eigenvalue weighted by Gasteiger charge is 2.43. The zero-order valence-corrected chi connectivity index (χ0v) is 9.96. The van der Waals surface area contributed by atoms with E-state index in [1.807, 2.05) is 37.3 Å². The fraction of sp³-hybridized carbons (Fsp3) is 0.333. The number of hydrogen-bond donors (Lipinski definition) is 1. The maximum Gasteiger partial charge on any atom is 0.265 e. The molecule has 0 spiro atoms. The van der Waals surface area contributed by atoms with Crippen molar-refractivity contribution in [1.29, 1.82) is 0 Å². The molecule has 1 aliphatic heterocycles. The summed E-state index contributed by atoms with van der Waals surface area (Å²) in [5.41, 5.74) is 6.77. The molecule has 0 aliphatic carbocycles. The van der Waals surface area contributed by atoms with Crippen LogP contribution in [0, 0.1) is 0 Å². The zero-order chi connectivity index (χ0) is 11.6. The molecule has 0 bridgehead atoms. The number of benzene rings is 1. The van der Waals surface area contributed by atoms with E-state index in [0.29, 0.717) is 11.6 Å². The fourth-order valence-corrected chi connectivity index (χ4v) is 2.90. The molecule has 1 aliphatic rings. The number of hydrogen-bond acceptors (Lipinski definition) is 3. The normalized spacial score (nSPS) is 24.6. The average Bonchev–Trinajstić information content (AvgIpc) is 2.56. The zero-order valence-electron chi connectivity index (χ0n) is 9.14. The summed E-state index contributed by atoms with van der Waals surface area (Å²) in [7, 11) is 0. The van der Waals surface area contributed by atoms with Crippen LogP contribution in [0.15, 0.2) is 35.3 Å². The van der Waals surface area contributed by atoms with E-state index in [2.05, 4.69) is 4.99 Å². The first-order chi connectivity index (χ1) is 7.66. The van der Waals surface area contributed by atoms with Gasteiger partial charge in [0.15, 0.2) is 5.17 Å². The molecule has 3 nitrogen and oxygen atoms in total. The standard InChI is InChI=1S/C12H14N2OS/c1-2-12(10(15)14-11(13)16-12)8-9-6-4-3-5-7-9/h3-7H,2,8H2,1H3,(H2,13,14,15)/t12-/m0/s1. The van der Waals surface area contributed by atoms with E-state index < -0.39 is 4.75 Å². The second-order valence-corrected chi connectivity index (χ2v) is 5.27. The molecule has 1 aromatic rings. The minimum atomic E-state index is -0.481. The summed E-state index contributed by atoms with van der Waals surface area (Å²) in [5.74, 6) is -0.0960. The van der Waals surface area contributed by atoms with Gasteiger partial charge in [-0.1, -0.05) is 49.0 Å². The van der Waals surface area contributed by atoms with Gasteiger partial charge in [0.05, 0.1) is 0 Å². The number of aliphatic imine (C=N–C) groups is 1. The van der Waals surface area contributed by atoms with Crippen molar-refractivity contribution in [1.82, 2.24) is 0 Å². The Bertz CT molecular complexity index is 430. The molecule has 84 valence electrons. The Morgan fingerprint density at radius 2 is 2.06 bits per heavy atom. The van der Waals surface area contributed by atoms with Gasteiger partial charge < -0.3 is 5.73 Å². The summed E-state index contributed by atoms with van der Waals surface area (Å²) >= 11 is 1.39. The predicted molar refractivity (Wildman–Crippen MR) is 67.4 cm³/mol. The van der Waals surface area contributed by atoms with Gasteiger partial charge in [0.1, 0.15) is 4.75 Å². The van der Waals surface area contributed by atoms with Gasteiger partial charge in [-0.3, -0.25) is 4.79 Å². The maximum absolute atomic E-state index is 11.9. The van der Waals surface area contributed by atoms with Crippen LogP contribution in [0.2, 0.25) is 0 Å². The van der Waals surface area contributed by atoms with Crippen molar-refractivity contribution >= 4 is 22.8 Å². The van der Waals surface area contributed by atoms with Crippen LogP contribution < -0.4 is 5.73 Å². The van der Waals surface area contributed by atoms with Crippen LogP contribution >= 0.6 is 11.8 Å². The Morgan fingerprint density at radius 3 is 2.56 bits per heavy atom. The van der Waals surface area contributed by atoms with Crippen molar-refractivity contribution in [3.63, 3.8) is 0 Å². The van der Waals surface area contributed by atoms with Gasteiger partial charge in [0, 0.05) is 0 Å². The van der Waals surface area contributed by atoms with Gasteiger partial charge in [0.2, 0.25) is 0 Å². The molecule has 0 radical (unpaired) electrons. The van der Waals surface area contributed by atoms with Crippen LogP contribution in [-0.2, 0) is 11.2 Å². The van der Waals surface area contributed by atoms with E-state index in [1.54, 1.807) is 0 Å². The molecule has 0 saturated carbocycles. The quantitative estimate of drug-likeness (QED) is 0.870. The Morgan fingerprint density at radius 1 is 1.38 bits per heavy atom. The second-order valence-electron chi connectivity index (χ2n) is 3.87. The van der Waals surface area contributed by atoms with Crippen molar-refractivity contribution in [2.75, 3.05) is 0 Å². The van der Waals surface area contributed by atoms with Gasteiger partial charge in [-0.05, 0) is 18.4 Å². The second kappa shape index (κ2) is 4.29. The maximum atomic E-state index is 11.9. The number of amides is 1. The van der Waals surface area contributed by atoms with Gasteiger partial charge in [-0.25, -0.2) is 0 Å². The summed E-state index contributed by atoms with van der Waals surface area (Å²) in [6, 6.07) is 9.98. The SMILES string of the molecule is CC[C@@]1(Cc2ccccc2)SC(N)=NC1=O. The molecular formula is C12H14N2OS. The van der Waals surface area contributed by atoms with Crippen molar-refractivity contribution in [3.05, 3.63) is 35.9 Å². The highest BCUT2D eigenvalue weighted by Crippen LogP contribution is 2.38. The minimum Gasteiger partial charge on any atom is -0.378 e. The van der Waals surface area contributed by atoms with Crippen molar-refractivity contribution < 1.29 is 4.79 Å².